The molecule has 0 aliphatic carbocycles. The van der Waals surface area contributed by atoms with Gasteiger partial charge in [-0.25, -0.2) is 9.67 Å². The van der Waals surface area contributed by atoms with Gasteiger partial charge in [-0.05, 0) is 38.8 Å². The highest BCUT2D eigenvalue weighted by Gasteiger charge is 2.23. The fourth-order valence-electron chi connectivity index (χ4n) is 4.00. The number of benzene rings is 1. The molecule has 29 heavy (non-hydrogen) atoms. The second-order valence-electron chi connectivity index (χ2n) is 8.12. The zero-order chi connectivity index (χ0) is 20.4. The predicted octanol–water partition coefficient (Wildman–Crippen LogP) is 3.67. The minimum Gasteiger partial charge on any atom is -0.337 e. The van der Waals surface area contributed by atoms with Crippen molar-refractivity contribution in [3.05, 3.63) is 59.4 Å². The Kier molecular flexibility index (Phi) is 5.62. The summed E-state index contributed by atoms with van der Waals surface area (Å²) >= 11 is 0. The zero-order valence-electron chi connectivity index (χ0n) is 17.5. The third-order valence-corrected chi connectivity index (χ3v) is 5.60. The highest BCUT2D eigenvalue weighted by Crippen LogP contribution is 2.21. The molecule has 1 fully saturated rings. The van der Waals surface area contributed by atoms with Crippen LogP contribution in [0.4, 0.5) is 0 Å². The van der Waals surface area contributed by atoms with Gasteiger partial charge in [-0.15, -0.1) is 0 Å². The maximum atomic E-state index is 13.3. The Balaban J connectivity index is 1.49. The van der Waals surface area contributed by atoms with E-state index in [9.17, 15) is 4.79 Å². The average Bonchev–Trinajstić information content (AvgIpc) is 2.98. The first-order valence-electron chi connectivity index (χ1n) is 10.4. The molecule has 6 nitrogen and oxygen atoms in total. The van der Waals surface area contributed by atoms with Gasteiger partial charge in [0.05, 0.1) is 17.5 Å². The second-order valence-corrected chi connectivity index (χ2v) is 8.12. The first kappa shape index (κ1) is 19.6. The third kappa shape index (κ3) is 4.17. The van der Waals surface area contributed by atoms with Crippen LogP contribution in [-0.4, -0.2) is 56.7 Å². The van der Waals surface area contributed by atoms with Crippen molar-refractivity contribution >= 4 is 16.9 Å². The van der Waals surface area contributed by atoms with Crippen molar-refractivity contribution in [1.82, 2.24) is 24.6 Å². The fourth-order valence-corrected chi connectivity index (χ4v) is 4.00. The van der Waals surface area contributed by atoms with E-state index in [0.29, 0.717) is 5.56 Å². The molecule has 0 spiro atoms. The number of hydrogen-bond donors (Lipinski definition) is 0. The Hall–Kier alpha value is -2.73. The maximum absolute atomic E-state index is 13.3. The van der Waals surface area contributed by atoms with E-state index in [-0.39, 0.29) is 11.9 Å². The van der Waals surface area contributed by atoms with Crippen molar-refractivity contribution in [3.63, 3.8) is 0 Å². The zero-order valence-corrected chi connectivity index (χ0v) is 17.5. The number of rotatable bonds is 4. The average molecular weight is 392 g/mol. The van der Waals surface area contributed by atoms with Gasteiger partial charge >= 0.3 is 0 Å². The van der Waals surface area contributed by atoms with Crippen LogP contribution in [-0.2, 0) is 6.54 Å². The lowest BCUT2D eigenvalue weighted by Crippen LogP contribution is -2.35. The molecule has 0 bridgehead atoms. The third-order valence-electron chi connectivity index (χ3n) is 5.60. The first-order valence-corrected chi connectivity index (χ1v) is 10.4. The van der Waals surface area contributed by atoms with Gasteiger partial charge in [0.1, 0.15) is 0 Å². The molecule has 0 N–H and O–H groups in total. The molecular formula is C23H29N5O. The number of aromatic nitrogens is 3. The van der Waals surface area contributed by atoms with Crippen molar-refractivity contribution in [2.45, 2.75) is 39.8 Å². The summed E-state index contributed by atoms with van der Waals surface area (Å²) in [5.74, 6) is 0.0794. The summed E-state index contributed by atoms with van der Waals surface area (Å²) in [6.45, 7) is 10.5. The van der Waals surface area contributed by atoms with Gasteiger partial charge in [0.15, 0.2) is 5.65 Å². The number of amides is 1. The van der Waals surface area contributed by atoms with Crippen molar-refractivity contribution < 1.29 is 4.79 Å². The number of carbonyl (C=O) groups is 1. The lowest BCUT2D eigenvalue weighted by molar-refractivity contribution is 0.0760. The molecule has 1 aromatic carbocycles. The van der Waals surface area contributed by atoms with Gasteiger partial charge in [0.25, 0.3) is 5.91 Å². The quantitative estimate of drug-likeness (QED) is 0.681. The van der Waals surface area contributed by atoms with Crippen molar-refractivity contribution in [2.75, 3.05) is 26.2 Å². The van der Waals surface area contributed by atoms with Crippen LogP contribution in [0.25, 0.3) is 11.0 Å². The van der Waals surface area contributed by atoms with Gasteiger partial charge in [0, 0.05) is 44.2 Å². The molecule has 0 atom stereocenters. The summed E-state index contributed by atoms with van der Waals surface area (Å²) < 4.78 is 1.91. The van der Waals surface area contributed by atoms with Crippen molar-refractivity contribution in [1.29, 1.82) is 0 Å². The predicted molar refractivity (Wildman–Crippen MR) is 115 cm³/mol. The molecule has 2 aromatic heterocycles. The van der Waals surface area contributed by atoms with Crippen LogP contribution in [0.15, 0.2) is 42.6 Å². The van der Waals surface area contributed by atoms with E-state index in [0.717, 1.165) is 55.9 Å². The van der Waals surface area contributed by atoms with Crippen molar-refractivity contribution in [3.8, 4) is 0 Å². The molecule has 4 rings (SSSR count). The number of fused-ring (bicyclic) bond motifs is 1. The van der Waals surface area contributed by atoms with Gasteiger partial charge < -0.3 is 4.90 Å². The van der Waals surface area contributed by atoms with Gasteiger partial charge in [0.2, 0.25) is 0 Å². The Morgan fingerprint density at radius 1 is 1.10 bits per heavy atom. The fraction of sp³-hybridized carbons (Fsp3) is 0.435. The van der Waals surface area contributed by atoms with E-state index >= 15 is 0 Å². The molecule has 0 unspecified atom stereocenters. The first-order chi connectivity index (χ1) is 14.0. The highest BCUT2D eigenvalue weighted by atomic mass is 16.2. The Morgan fingerprint density at radius 3 is 2.66 bits per heavy atom. The van der Waals surface area contributed by atoms with Crippen LogP contribution in [0.2, 0.25) is 0 Å². The highest BCUT2D eigenvalue weighted by molar-refractivity contribution is 5.98. The standard InChI is InChI=1S/C23H29N5O/c1-17(2)28-22-20(15-24-28)14-21(18(3)25-22)23(29)27-11-7-10-26(12-13-27)16-19-8-5-4-6-9-19/h4-6,8-9,14-15,17H,7,10-13,16H2,1-3H3. The Morgan fingerprint density at radius 2 is 1.90 bits per heavy atom. The van der Waals surface area contributed by atoms with E-state index < -0.39 is 0 Å². The van der Waals surface area contributed by atoms with Crippen LogP contribution < -0.4 is 0 Å². The Bertz CT molecular complexity index is 995. The molecule has 1 aliphatic rings. The topological polar surface area (TPSA) is 54.3 Å². The minimum absolute atomic E-state index is 0.0794. The number of aryl methyl sites for hydroxylation is 1. The second kappa shape index (κ2) is 8.33. The van der Waals surface area contributed by atoms with Crippen LogP contribution in [0, 0.1) is 6.92 Å². The molecule has 152 valence electrons. The van der Waals surface area contributed by atoms with E-state index in [1.54, 1.807) is 0 Å². The summed E-state index contributed by atoms with van der Waals surface area (Å²) in [5.41, 5.74) is 3.63. The molecule has 3 aromatic rings. The lowest BCUT2D eigenvalue weighted by atomic mass is 10.1. The molecule has 3 heterocycles. The summed E-state index contributed by atoms with van der Waals surface area (Å²) in [7, 11) is 0. The summed E-state index contributed by atoms with van der Waals surface area (Å²) in [4.78, 5) is 22.4. The minimum atomic E-state index is 0.0794. The Labute approximate surface area is 172 Å². The molecule has 1 saturated heterocycles. The van der Waals surface area contributed by atoms with Crippen LogP contribution >= 0.6 is 0 Å². The number of nitrogens with zero attached hydrogens (tertiary/aromatic N) is 5. The summed E-state index contributed by atoms with van der Waals surface area (Å²) in [6, 6.07) is 12.7. The molecular weight excluding hydrogens is 362 g/mol. The lowest BCUT2D eigenvalue weighted by Gasteiger charge is -2.22. The van der Waals surface area contributed by atoms with Gasteiger partial charge in [-0.1, -0.05) is 30.3 Å². The van der Waals surface area contributed by atoms with E-state index in [1.165, 1.54) is 5.56 Å². The largest absolute Gasteiger partial charge is 0.337 e. The maximum Gasteiger partial charge on any atom is 0.255 e. The van der Waals surface area contributed by atoms with Crippen LogP contribution in [0.5, 0.6) is 0 Å². The van der Waals surface area contributed by atoms with Crippen LogP contribution in [0.1, 0.15) is 47.9 Å². The normalized spacial score (nSPS) is 15.8. The monoisotopic (exact) mass is 391 g/mol. The smallest absolute Gasteiger partial charge is 0.255 e. The number of carbonyl (C=O) groups excluding carboxylic acids is 1. The van der Waals surface area contributed by atoms with E-state index in [1.807, 2.05) is 34.8 Å². The number of pyridine rings is 1. The SMILES string of the molecule is Cc1nc2c(cnn2C(C)C)cc1C(=O)N1CCCN(Cc2ccccc2)CC1. The van der Waals surface area contributed by atoms with E-state index in [2.05, 4.69) is 48.1 Å². The molecule has 0 saturated carbocycles. The molecule has 1 amide bonds. The molecule has 1 aliphatic heterocycles. The van der Waals surface area contributed by atoms with E-state index in [4.69, 9.17) is 4.98 Å². The molecule has 6 heteroatoms. The molecule has 0 radical (unpaired) electrons. The van der Waals surface area contributed by atoms with Gasteiger partial charge in [-0.2, -0.15) is 5.10 Å². The van der Waals surface area contributed by atoms with Crippen LogP contribution in [0.3, 0.4) is 0 Å². The van der Waals surface area contributed by atoms with Crippen molar-refractivity contribution in [2.24, 2.45) is 0 Å². The van der Waals surface area contributed by atoms with Gasteiger partial charge in [-0.3, -0.25) is 9.69 Å². The summed E-state index contributed by atoms with van der Waals surface area (Å²) in [5, 5.41) is 5.36. The number of hydrogen-bond acceptors (Lipinski definition) is 4. The summed E-state index contributed by atoms with van der Waals surface area (Å²) in [6.07, 6.45) is 2.79.